The number of hydrazone groups is 1. The third-order valence-corrected chi connectivity index (χ3v) is 2.79. The minimum absolute atomic E-state index is 0.00611. The lowest BCUT2D eigenvalue weighted by Gasteiger charge is -2.35. The molecule has 0 radical (unpaired) electrons. The van der Waals surface area contributed by atoms with Crippen LogP contribution in [0.3, 0.4) is 0 Å². The largest absolute Gasteiger partial charge is 0.475 e. The van der Waals surface area contributed by atoms with Gasteiger partial charge in [-0.2, -0.15) is 27.1 Å². The minimum atomic E-state index is -5.60. The fourth-order valence-corrected chi connectivity index (χ4v) is 1.79. The van der Waals surface area contributed by atoms with E-state index >= 15 is 0 Å². The summed E-state index contributed by atoms with van der Waals surface area (Å²) in [7, 11) is 0. The van der Waals surface area contributed by atoms with Gasteiger partial charge in [0.15, 0.2) is 0 Å². The summed E-state index contributed by atoms with van der Waals surface area (Å²) in [6.07, 6.45) is -4.55. The molecule has 0 aromatic heterocycles. The highest BCUT2D eigenvalue weighted by atomic mass is 19.4. The molecule has 1 aliphatic heterocycles. The SMILES string of the molecule is CCCCC1N(CC)N=CN1C(F)(F)C(F)(F)F. The maximum Gasteiger partial charge on any atom is 0.475 e. The first-order valence-electron chi connectivity index (χ1n) is 5.79. The van der Waals surface area contributed by atoms with Crippen molar-refractivity contribution in [3.8, 4) is 0 Å². The Labute approximate surface area is 102 Å². The smallest absolute Gasteiger partial charge is 0.273 e. The van der Waals surface area contributed by atoms with E-state index in [4.69, 9.17) is 0 Å². The average molecular weight is 273 g/mol. The van der Waals surface area contributed by atoms with E-state index in [9.17, 15) is 22.0 Å². The molecule has 3 nitrogen and oxygen atoms in total. The Balaban J connectivity index is 2.89. The molecule has 106 valence electrons. The van der Waals surface area contributed by atoms with Crippen LogP contribution >= 0.6 is 0 Å². The Morgan fingerprint density at radius 3 is 2.22 bits per heavy atom. The quantitative estimate of drug-likeness (QED) is 0.565. The van der Waals surface area contributed by atoms with Gasteiger partial charge in [0.2, 0.25) is 0 Å². The Hall–Kier alpha value is -1.08. The molecule has 0 fully saturated rings. The summed E-state index contributed by atoms with van der Waals surface area (Å²) in [5.74, 6) is 0. The summed E-state index contributed by atoms with van der Waals surface area (Å²) >= 11 is 0. The van der Waals surface area contributed by atoms with Gasteiger partial charge >= 0.3 is 12.2 Å². The first-order valence-corrected chi connectivity index (χ1v) is 5.79. The van der Waals surface area contributed by atoms with Crippen LogP contribution in [0.4, 0.5) is 22.0 Å². The summed E-state index contributed by atoms with van der Waals surface area (Å²) in [5.41, 5.74) is 0. The molecule has 0 N–H and O–H groups in total. The molecule has 0 bridgehead atoms. The molecule has 0 aromatic carbocycles. The van der Waals surface area contributed by atoms with Gasteiger partial charge in [0.1, 0.15) is 12.5 Å². The molecule has 1 atom stereocenters. The molecule has 8 heteroatoms. The topological polar surface area (TPSA) is 18.8 Å². The Kier molecular flexibility index (Phi) is 4.39. The van der Waals surface area contributed by atoms with Crippen LogP contribution in [0.2, 0.25) is 0 Å². The van der Waals surface area contributed by atoms with Gasteiger partial charge in [0.25, 0.3) is 0 Å². The van der Waals surface area contributed by atoms with E-state index in [1.165, 1.54) is 5.01 Å². The summed E-state index contributed by atoms with van der Waals surface area (Å²) in [6, 6.07) is -4.89. The summed E-state index contributed by atoms with van der Waals surface area (Å²) < 4.78 is 63.6. The van der Waals surface area contributed by atoms with E-state index in [1.807, 2.05) is 6.92 Å². The van der Waals surface area contributed by atoms with Crippen molar-refractivity contribution in [2.24, 2.45) is 5.10 Å². The van der Waals surface area contributed by atoms with Gasteiger partial charge in [-0.1, -0.05) is 13.3 Å². The summed E-state index contributed by atoms with van der Waals surface area (Å²) in [5, 5.41) is 4.85. The average Bonchev–Trinajstić information content (AvgIpc) is 2.67. The van der Waals surface area contributed by atoms with E-state index in [0.29, 0.717) is 12.8 Å². The van der Waals surface area contributed by atoms with E-state index in [-0.39, 0.29) is 17.9 Å². The number of unbranched alkanes of at least 4 members (excludes halogenated alkanes) is 1. The zero-order valence-electron chi connectivity index (χ0n) is 10.2. The van der Waals surface area contributed by atoms with Gasteiger partial charge in [0, 0.05) is 6.54 Å². The molecule has 0 amide bonds. The maximum absolute atomic E-state index is 13.3. The first-order chi connectivity index (χ1) is 8.25. The van der Waals surface area contributed by atoms with Crippen LogP contribution in [0.15, 0.2) is 5.10 Å². The van der Waals surface area contributed by atoms with Gasteiger partial charge in [0.05, 0.1) is 0 Å². The standard InChI is InChI=1S/C10H16F5N3/c1-3-5-6-8-17(7-16-18(8)4-2)10(14,15)9(11,12)13/h7-8H,3-6H2,1-2H3. The Bertz CT molecular complexity index is 302. The zero-order chi connectivity index (χ0) is 14.0. The lowest BCUT2D eigenvalue weighted by atomic mass is 10.2. The van der Waals surface area contributed by atoms with Gasteiger partial charge in [-0.15, -0.1) is 0 Å². The summed E-state index contributed by atoms with van der Waals surface area (Å²) in [4.78, 5) is 0.00611. The predicted octanol–water partition coefficient (Wildman–Crippen LogP) is 3.24. The molecule has 1 aliphatic rings. The molecule has 0 saturated carbocycles. The van der Waals surface area contributed by atoms with Crippen molar-refractivity contribution < 1.29 is 22.0 Å². The fraction of sp³-hybridized carbons (Fsp3) is 0.900. The van der Waals surface area contributed by atoms with Gasteiger partial charge in [-0.05, 0) is 19.8 Å². The molecular formula is C10H16F5N3. The minimum Gasteiger partial charge on any atom is -0.273 e. The number of alkyl halides is 5. The second-order valence-corrected chi connectivity index (χ2v) is 4.06. The third kappa shape index (κ3) is 2.67. The lowest BCUT2D eigenvalue weighted by molar-refractivity contribution is -0.334. The molecular weight excluding hydrogens is 257 g/mol. The van der Waals surface area contributed by atoms with Crippen LogP contribution in [0, 0.1) is 0 Å². The Morgan fingerprint density at radius 1 is 1.17 bits per heavy atom. The first kappa shape index (κ1) is 15.0. The highest BCUT2D eigenvalue weighted by Crippen LogP contribution is 2.41. The molecule has 1 heterocycles. The van der Waals surface area contributed by atoms with Gasteiger partial charge in [-0.3, -0.25) is 9.91 Å². The molecule has 0 aliphatic carbocycles. The van der Waals surface area contributed by atoms with Gasteiger partial charge in [-0.25, -0.2) is 0 Å². The van der Waals surface area contributed by atoms with Crippen molar-refractivity contribution in [2.45, 2.75) is 51.5 Å². The van der Waals surface area contributed by atoms with Crippen molar-refractivity contribution in [1.29, 1.82) is 0 Å². The number of hydrogen-bond acceptors (Lipinski definition) is 3. The lowest BCUT2D eigenvalue weighted by Crippen LogP contribution is -2.56. The zero-order valence-corrected chi connectivity index (χ0v) is 10.2. The van der Waals surface area contributed by atoms with Crippen LogP contribution in [-0.2, 0) is 0 Å². The van der Waals surface area contributed by atoms with Crippen LogP contribution in [0.1, 0.15) is 33.1 Å². The highest BCUT2D eigenvalue weighted by molar-refractivity contribution is 5.58. The normalized spacial score (nSPS) is 20.9. The van der Waals surface area contributed by atoms with Crippen LogP contribution in [0.5, 0.6) is 0 Å². The van der Waals surface area contributed by atoms with Crippen molar-refractivity contribution in [3.05, 3.63) is 0 Å². The Morgan fingerprint density at radius 2 is 1.78 bits per heavy atom. The van der Waals surface area contributed by atoms with E-state index in [1.54, 1.807) is 6.92 Å². The van der Waals surface area contributed by atoms with Crippen molar-refractivity contribution >= 4 is 6.34 Å². The highest BCUT2D eigenvalue weighted by Gasteiger charge is 2.64. The van der Waals surface area contributed by atoms with Crippen molar-refractivity contribution in [2.75, 3.05) is 6.54 Å². The van der Waals surface area contributed by atoms with Crippen molar-refractivity contribution in [1.82, 2.24) is 9.91 Å². The second-order valence-electron chi connectivity index (χ2n) is 4.06. The third-order valence-electron chi connectivity index (χ3n) is 2.79. The van der Waals surface area contributed by atoms with Gasteiger partial charge < -0.3 is 0 Å². The van der Waals surface area contributed by atoms with E-state index < -0.39 is 18.4 Å². The van der Waals surface area contributed by atoms with E-state index in [0.717, 1.165) is 6.42 Å². The van der Waals surface area contributed by atoms with E-state index in [2.05, 4.69) is 5.10 Å². The second kappa shape index (κ2) is 5.27. The van der Waals surface area contributed by atoms with Crippen LogP contribution in [0.25, 0.3) is 0 Å². The number of rotatable bonds is 5. The van der Waals surface area contributed by atoms with Crippen LogP contribution in [-0.4, -0.2) is 41.2 Å². The predicted molar refractivity (Wildman–Crippen MR) is 57.0 cm³/mol. The maximum atomic E-state index is 13.3. The number of hydrogen-bond donors (Lipinski definition) is 0. The van der Waals surface area contributed by atoms with Crippen LogP contribution < -0.4 is 0 Å². The summed E-state index contributed by atoms with van der Waals surface area (Å²) in [6.45, 7) is 3.79. The molecule has 0 aromatic rings. The number of nitrogens with zero attached hydrogens (tertiary/aromatic N) is 3. The molecule has 0 spiro atoms. The molecule has 0 saturated heterocycles. The number of halogens is 5. The fourth-order valence-electron chi connectivity index (χ4n) is 1.79. The monoisotopic (exact) mass is 273 g/mol. The molecule has 18 heavy (non-hydrogen) atoms. The molecule has 1 unspecified atom stereocenters. The molecule has 1 rings (SSSR count). The van der Waals surface area contributed by atoms with Crippen molar-refractivity contribution in [3.63, 3.8) is 0 Å².